The lowest BCUT2D eigenvalue weighted by atomic mass is 10.0. The first-order valence-corrected chi connectivity index (χ1v) is 6.52. The van der Waals surface area contributed by atoms with Gasteiger partial charge >= 0.3 is 0 Å². The van der Waals surface area contributed by atoms with Crippen molar-refractivity contribution >= 4 is 17.5 Å². The highest BCUT2D eigenvalue weighted by Crippen LogP contribution is 2.24. The summed E-state index contributed by atoms with van der Waals surface area (Å²) in [5.41, 5.74) is 3.09. The van der Waals surface area contributed by atoms with Gasteiger partial charge in [0.05, 0.1) is 5.75 Å². The van der Waals surface area contributed by atoms with Crippen molar-refractivity contribution in [2.45, 2.75) is 39.4 Å². The van der Waals surface area contributed by atoms with Crippen LogP contribution in [0.1, 0.15) is 42.3 Å². The van der Waals surface area contributed by atoms with E-state index in [0.717, 1.165) is 16.7 Å². The number of hydrogen-bond acceptors (Lipinski definition) is 2. The SMILES string of the molecule is Cc1ccc(C)c(C(=O)CSC(C)(C)C)c1. The number of hydrogen-bond donors (Lipinski definition) is 0. The Morgan fingerprint density at radius 3 is 2.44 bits per heavy atom. The van der Waals surface area contributed by atoms with Gasteiger partial charge in [0.15, 0.2) is 5.78 Å². The molecule has 0 spiro atoms. The highest BCUT2D eigenvalue weighted by Gasteiger charge is 2.15. The first-order chi connectivity index (χ1) is 7.29. The van der Waals surface area contributed by atoms with Crippen molar-refractivity contribution in [2.75, 3.05) is 5.75 Å². The van der Waals surface area contributed by atoms with Crippen LogP contribution in [0, 0.1) is 13.8 Å². The third-order valence-corrected chi connectivity index (χ3v) is 3.60. The van der Waals surface area contributed by atoms with Gasteiger partial charge in [0.2, 0.25) is 0 Å². The molecule has 0 aliphatic rings. The van der Waals surface area contributed by atoms with Gasteiger partial charge in [-0.1, -0.05) is 38.5 Å². The van der Waals surface area contributed by atoms with Crippen LogP contribution in [0.4, 0.5) is 0 Å². The van der Waals surface area contributed by atoms with Crippen molar-refractivity contribution in [1.29, 1.82) is 0 Å². The standard InChI is InChI=1S/C14H20OS/c1-10-6-7-11(2)12(8-10)13(15)9-16-14(3,4)5/h6-8H,9H2,1-5H3. The van der Waals surface area contributed by atoms with E-state index >= 15 is 0 Å². The minimum absolute atomic E-state index is 0.146. The highest BCUT2D eigenvalue weighted by atomic mass is 32.2. The molecule has 1 aromatic carbocycles. The Balaban J connectivity index is 2.77. The largest absolute Gasteiger partial charge is 0.293 e. The fraction of sp³-hybridized carbons (Fsp3) is 0.500. The van der Waals surface area contributed by atoms with Crippen molar-refractivity contribution in [1.82, 2.24) is 0 Å². The van der Waals surface area contributed by atoms with Crippen LogP contribution in [-0.4, -0.2) is 16.3 Å². The molecule has 88 valence electrons. The second kappa shape index (κ2) is 5.05. The Hall–Kier alpha value is -0.760. The maximum absolute atomic E-state index is 12.0. The van der Waals surface area contributed by atoms with Crippen LogP contribution < -0.4 is 0 Å². The second-order valence-electron chi connectivity index (χ2n) is 5.14. The van der Waals surface area contributed by atoms with E-state index in [0.29, 0.717) is 5.75 Å². The zero-order valence-electron chi connectivity index (χ0n) is 10.8. The van der Waals surface area contributed by atoms with Crippen LogP contribution >= 0.6 is 11.8 Å². The number of rotatable bonds is 3. The fourth-order valence-electron chi connectivity index (χ4n) is 1.40. The topological polar surface area (TPSA) is 17.1 Å². The molecular weight excluding hydrogens is 216 g/mol. The Labute approximate surface area is 103 Å². The van der Waals surface area contributed by atoms with Gasteiger partial charge in [0.1, 0.15) is 0 Å². The number of benzene rings is 1. The predicted octanol–water partition coefficient (Wildman–Crippen LogP) is 4.02. The Bertz CT molecular complexity index is 388. The first kappa shape index (κ1) is 13.3. The number of ketones is 1. The Morgan fingerprint density at radius 2 is 1.88 bits per heavy atom. The highest BCUT2D eigenvalue weighted by molar-refractivity contribution is 8.01. The average molecular weight is 236 g/mol. The molecule has 0 radical (unpaired) electrons. The summed E-state index contributed by atoms with van der Waals surface area (Å²) >= 11 is 1.70. The zero-order valence-corrected chi connectivity index (χ0v) is 11.6. The minimum Gasteiger partial charge on any atom is -0.293 e. The van der Waals surface area contributed by atoms with Crippen LogP contribution in [-0.2, 0) is 0 Å². The summed E-state index contributed by atoms with van der Waals surface area (Å²) in [5.74, 6) is 0.800. The summed E-state index contributed by atoms with van der Waals surface area (Å²) in [7, 11) is 0. The van der Waals surface area contributed by atoms with E-state index in [1.807, 2.05) is 32.0 Å². The molecule has 1 aromatic rings. The quantitative estimate of drug-likeness (QED) is 0.737. The number of carbonyl (C=O) groups is 1. The summed E-state index contributed by atoms with van der Waals surface area (Å²) in [6, 6.07) is 6.05. The molecule has 0 N–H and O–H groups in total. The molecule has 0 saturated carbocycles. The molecule has 0 heterocycles. The van der Waals surface area contributed by atoms with Crippen molar-refractivity contribution < 1.29 is 4.79 Å². The molecule has 16 heavy (non-hydrogen) atoms. The monoisotopic (exact) mass is 236 g/mol. The van der Waals surface area contributed by atoms with Gasteiger partial charge < -0.3 is 0 Å². The van der Waals surface area contributed by atoms with Gasteiger partial charge in [0, 0.05) is 10.3 Å². The minimum atomic E-state index is 0.146. The molecule has 0 aliphatic carbocycles. The molecule has 0 saturated heterocycles. The van der Waals surface area contributed by atoms with Gasteiger partial charge in [-0.25, -0.2) is 0 Å². The van der Waals surface area contributed by atoms with Crippen LogP contribution in [0.25, 0.3) is 0 Å². The molecule has 0 bridgehead atoms. The third kappa shape index (κ3) is 4.01. The van der Waals surface area contributed by atoms with Crippen LogP contribution in [0.2, 0.25) is 0 Å². The maximum Gasteiger partial charge on any atom is 0.173 e. The van der Waals surface area contributed by atoms with E-state index in [1.165, 1.54) is 0 Å². The summed E-state index contributed by atoms with van der Waals surface area (Å²) < 4.78 is 0.146. The predicted molar refractivity (Wildman–Crippen MR) is 72.5 cm³/mol. The zero-order chi connectivity index (χ0) is 12.3. The Morgan fingerprint density at radius 1 is 1.25 bits per heavy atom. The summed E-state index contributed by atoms with van der Waals surface area (Å²) in [6.45, 7) is 10.4. The van der Waals surface area contributed by atoms with Crippen molar-refractivity contribution in [2.24, 2.45) is 0 Å². The molecule has 0 atom stereocenters. The molecule has 1 nitrogen and oxygen atoms in total. The smallest absolute Gasteiger partial charge is 0.173 e. The molecule has 0 aliphatic heterocycles. The van der Waals surface area contributed by atoms with E-state index < -0.39 is 0 Å². The van der Waals surface area contributed by atoms with E-state index in [4.69, 9.17) is 0 Å². The molecule has 2 heteroatoms. The van der Waals surface area contributed by atoms with E-state index in [1.54, 1.807) is 11.8 Å². The lowest BCUT2D eigenvalue weighted by Crippen LogP contribution is -2.13. The van der Waals surface area contributed by atoms with Crippen molar-refractivity contribution in [3.63, 3.8) is 0 Å². The first-order valence-electron chi connectivity index (χ1n) is 5.54. The van der Waals surface area contributed by atoms with Gasteiger partial charge in [-0.15, -0.1) is 11.8 Å². The maximum atomic E-state index is 12.0. The molecule has 1 rings (SSSR count). The van der Waals surface area contributed by atoms with Gasteiger partial charge in [-0.05, 0) is 25.5 Å². The summed E-state index contributed by atoms with van der Waals surface area (Å²) in [5, 5.41) is 0. The third-order valence-electron chi connectivity index (χ3n) is 2.33. The Kier molecular flexibility index (Phi) is 4.20. The van der Waals surface area contributed by atoms with Gasteiger partial charge in [0.25, 0.3) is 0 Å². The van der Waals surface area contributed by atoms with Crippen molar-refractivity contribution in [3.05, 3.63) is 34.9 Å². The normalized spacial score (nSPS) is 11.6. The summed E-state index contributed by atoms with van der Waals surface area (Å²) in [6.07, 6.45) is 0. The van der Waals surface area contributed by atoms with E-state index in [2.05, 4.69) is 20.8 Å². The van der Waals surface area contributed by atoms with E-state index in [-0.39, 0.29) is 10.5 Å². The number of Topliss-reactive ketones (excluding diaryl/α,β-unsaturated/α-hetero) is 1. The molecule has 0 amide bonds. The number of thioether (sulfide) groups is 1. The van der Waals surface area contributed by atoms with Crippen LogP contribution in [0.15, 0.2) is 18.2 Å². The fourth-order valence-corrected chi connectivity index (χ4v) is 2.12. The van der Waals surface area contributed by atoms with Gasteiger partial charge in [-0.2, -0.15) is 0 Å². The number of carbonyl (C=O) groups excluding carboxylic acids is 1. The molecule has 0 unspecified atom stereocenters. The second-order valence-corrected chi connectivity index (χ2v) is 6.94. The van der Waals surface area contributed by atoms with Crippen molar-refractivity contribution in [3.8, 4) is 0 Å². The molecular formula is C14H20OS. The lowest BCUT2D eigenvalue weighted by molar-refractivity contribution is 0.102. The van der Waals surface area contributed by atoms with Gasteiger partial charge in [-0.3, -0.25) is 4.79 Å². The lowest BCUT2D eigenvalue weighted by Gasteiger charge is -2.17. The van der Waals surface area contributed by atoms with Crippen LogP contribution in [0.5, 0.6) is 0 Å². The van der Waals surface area contributed by atoms with Crippen LogP contribution in [0.3, 0.4) is 0 Å². The van der Waals surface area contributed by atoms with E-state index in [9.17, 15) is 4.79 Å². The summed E-state index contributed by atoms with van der Waals surface area (Å²) in [4.78, 5) is 12.0. The average Bonchev–Trinajstić information content (AvgIpc) is 2.17. The molecule has 0 aromatic heterocycles. The number of aryl methyl sites for hydroxylation is 2. The molecule has 0 fully saturated rings.